The van der Waals surface area contributed by atoms with Crippen LogP contribution in [0.4, 0.5) is 3.89 Å². The van der Waals surface area contributed by atoms with Crippen LogP contribution in [0.5, 0.6) is 0 Å². The summed E-state index contributed by atoms with van der Waals surface area (Å²) in [6, 6.07) is 0. The highest BCUT2D eigenvalue weighted by molar-refractivity contribution is 7.92. The molecule has 0 aliphatic carbocycles. The lowest BCUT2D eigenvalue weighted by Crippen LogP contribution is -2.34. The van der Waals surface area contributed by atoms with Gasteiger partial charge >= 0.3 is 0 Å². The molecule has 0 saturated heterocycles. The van der Waals surface area contributed by atoms with Crippen molar-refractivity contribution in [1.29, 1.82) is 5.41 Å². The molecule has 0 unspecified atom stereocenters. The molecule has 0 aliphatic heterocycles. The van der Waals surface area contributed by atoms with Gasteiger partial charge in [-0.3, -0.25) is 15.0 Å². The Labute approximate surface area is 72.3 Å². The summed E-state index contributed by atoms with van der Waals surface area (Å²) in [5.41, 5.74) is 4.31. The van der Waals surface area contributed by atoms with Crippen molar-refractivity contribution in [3.05, 3.63) is 12.3 Å². The molecule has 0 aromatic rings. The second-order valence-electron chi connectivity index (χ2n) is 1.69. The van der Waals surface area contributed by atoms with Crippen LogP contribution in [0.3, 0.4) is 0 Å². The number of aldehydes is 1. The van der Waals surface area contributed by atoms with E-state index in [0.717, 1.165) is 0 Å². The molecular formula is C5H6FN3O2S. The number of amidine groups is 1. The molecule has 0 radical (unpaired) electrons. The molecule has 0 saturated carbocycles. The van der Waals surface area contributed by atoms with E-state index in [-0.39, 0.29) is 12.0 Å². The Balaban J connectivity index is 4.56. The van der Waals surface area contributed by atoms with Crippen molar-refractivity contribution in [2.24, 2.45) is 5.73 Å². The van der Waals surface area contributed by atoms with E-state index in [0.29, 0.717) is 4.31 Å². The van der Waals surface area contributed by atoms with Crippen molar-refractivity contribution in [1.82, 2.24) is 4.31 Å². The smallest absolute Gasteiger partial charge is 0.285 e. The Morgan fingerprint density at radius 2 is 2.25 bits per heavy atom. The minimum absolute atomic E-state index is 0.212. The maximum atomic E-state index is 12.0. The summed E-state index contributed by atoms with van der Waals surface area (Å²) in [6.07, 6.45) is 0.212. The summed E-state index contributed by atoms with van der Waals surface area (Å²) < 4.78 is 12.4. The number of rotatable bonds is 3. The number of nitrogens with zero attached hydrogens (tertiary/aromatic N) is 1. The predicted octanol–water partition coefficient (Wildman–Crippen LogP) is -0.00373. The first-order chi connectivity index (χ1) is 5.54. The number of allylic oxidation sites excluding steroid dienone is 1. The van der Waals surface area contributed by atoms with Crippen LogP contribution in [0.25, 0.3) is 0 Å². The third-order valence-electron chi connectivity index (χ3n) is 0.902. The molecule has 0 atom stereocenters. The fraction of sp³-hybridized carbons (Fsp3) is 0. The van der Waals surface area contributed by atoms with Crippen molar-refractivity contribution in [2.75, 3.05) is 0 Å². The van der Waals surface area contributed by atoms with Crippen LogP contribution in [0, 0.1) is 5.41 Å². The molecule has 12 heavy (non-hydrogen) atoms. The van der Waals surface area contributed by atoms with Crippen LogP contribution in [0.1, 0.15) is 0 Å². The predicted molar refractivity (Wildman–Crippen MR) is 42.7 cm³/mol. The van der Waals surface area contributed by atoms with E-state index in [9.17, 15) is 13.5 Å². The second-order valence-corrected chi connectivity index (χ2v) is 2.19. The zero-order valence-electron chi connectivity index (χ0n) is 5.91. The first kappa shape index (κ1) is 10.6. The van der Waals surface area contributed by atoms with Gasteiger partial charge in [0.25, 0.3) is 5.91 Å². The van der Waals surface area contributed by atoms with Crippen LogP contribution in [0.15, 0.2) is 12.3 Å². The molecule has 0 spiro atoms. The van der Waals surface area contributed by atoms with E-state index in [1.807, 2.05) is 0 Å². The summed E-state index contributed by atoms with van der Waals surface area (Å²) >= 11 is -0.484. The number of hydrogen-bond acceptors (Lipinski definition) is 4. The van der Waals surface area contributed by atoms with Crippen LogP contribution in [-0.2, 0) is 9.59 Å². The molecule has 0 aromatic heterocycles. The fourth-order valence-corrected chi connectivity index (χ4v) is 0.661. The molecule has 0 rings (SSSR count). The lowest BCUT2D eigenvalue weighted by atomic mass is 10.5. The van der Waals surface area contributed by atoms with E-state index < -0.39 is 24.1 Å². The zero-order chi connectivity index (χ0) is 9.72. The van der Waals surface area contributed by atoms with Crippen molar-refractivity contribution < 1.29 is 13.5 Å². The van der Waals surface area contributed by atoms with Gasteiger partial charge in [0.2, 0.25) is 5.84 Å². The monoisotopic (exact) mass is 191 g/mol. The van der Waals surface area contributed by atoms with Gasteiger partial charge in [-0.05, 0) is 0 Å². The van der Waals surface area contributed by atoms with Crippen molar-refractivity contribution in [3.63, 3.8) is 0 Å². The summed E-state index contributed by atoms with van der Waals surface area (Å²) in [6.45, 7) is 3.10. The Morgan fingerprint density at radius 3 is 2.50 bits per heavy atom. The lowest BCUT2D eigenvalue weighted by Gasteiger charge is -2.14. The number of primary amides is 1. The molecule has 5 nitrogen and oxygen atoms in total. The first-order valence-electron chi connectivity index (χ1n) is 2.65. The Bertz CT molecular complexity index is 243. The molecule has 0 aromatic carbocycles. The standard InChI is InChI=1S/C5H6FN3O2S/c1-3(2-10)9(12-6)4(7)5(8)11/h2,7H,1H2,(H2,8,11). The third kappa shape index (κ3) is 2.35. The van der Waals surface area contributed by atoms with Crippen molar-refractivity contribution >= 4 is 30.4 Å². The van der Waals surface area contributed by atoms with Gasteiger partial charge in [-0.2, -0.15) is 0 Å². The zero-order valence-corrected chi connectivity index (χ0v) is 6.73. The number of carbonyl (C=O) groups is 2. The largest absolute Gasteiger partial charge is 0.363 e. The molecule has 0 bridgehead atoms. The second kappa shape index (κ2) is 4.50. The van der Waals surface area contributed by atoms with Gasteiger partial charge in [0.15, 0.2) is 18.6 Å². The average Bonchev–Trinajstić information content (AvgIpc) is 2.05. The topological polar surface area (TPSA) is 87.2 Å². The van der Waals surface area contributed by atoms with Crippen LogP contribution in [-0.4, -0.2) is 22.3 Å². The highest BCUT2D eigenvalue weighted by Crippen LogP contribution is 2.15. The maximum absolute atomic E-state index is 12.0. The SMILES string of the molecule is C=C(C=O)N(SF)C(=N)C(N)=O. The van der Waals surface area contributed by atoms with Gasteiger partial charge in [-0.1, -0.05) is 6.58 Å². The third-order valence-corrected chi connectivity index (χ3v) is 1.46. The van der Waals surface area contributed by atoms with Gasteiger partial charge in [0.05, 0.1) is 5.70 Å². The molecule has 7 heteroatoms. The minimum Gasteiger partial charge on any atom is -0.363 e. The Morgan fingerprint density at radius 1 is 1.75 bits per heavy atom. The van der Waals surface area contributed by atoms with Gasteiger partial charge in [0, 0.05) is 0 Å². The number of amides is 1. The van der Waals surface area contributed by atoms with Crippen molar-refractivity contribution in [2.45, 2.75) is 0 Å². The van der Waals surface area contributed by atoms with Crippen LogP contribution in [0.2, 0.25) is 0 Å². The Hall–Kier alpha value is -1.37. The minimum atomic E-state index is -1.14. The quantitative estimate of drug-likeness (QED) is 0.216. The number of nitrogens with one attached hydrogen (secondary N) is 1. The van der Waals surface area contributed by atoms with E-state index in [1.54, 1.807) is 0 Å². The highest BCUT2D eigenvalue weighted by Gasteiger charge is 2.18. The molecule has 0 aliphatic rings. The van der Waals surface area contributed by atoms with E-state index >= 15 is 0 Å². The summed E-state index contributed by atoms with van der Waals surface area (Å²) in [7, 11) is 0. The van der Waals surface area contributed by atoms with Gasteiger partial charge in [-0.25, -0.2) is 4.31 Å². The molecule has 3 N–H and O–H groups in total. The molecule has 0 heterocycles. The van der Waals surface area contributed by atoms with Crippen molar-refractivity contribution in [3.8, 4) is 0 Å². The van der Waals surface area contributed by atoms with E-state index in [4.69, 9.17) is 5.41 Å². The molecular weight excluding hydrogens is 185 g/mol. The summed E-state index contributed by atoms with van der Waals surface area (Å²) in [4.78, 5) is 20.4. The van der Waals surface area contributed by atoms with E-state index in [2.05, 4.69) is 12.3 Å². The number of hydrogen-bond donors (Lipinski definition) is 2. The summed E-state index contributed by atoms with van der Waals surface area (Å²) in [5.74, 6) is -1.97. The molecule has 66 valence electrons. The lowest BCUT2D eigenvalue weighted by molar-refractivity contribution is -0.112. The van der Waals surface area contributed by atoms with Crippen LogP contribution < -0.4 is 5.73 Å². The maximum Gasteiger partial charge on any atom is 0.285 e. The van der Waals surface area contributed by atoms with E-state index in [1.165, 1.54) is 0 Å². The normalized spacial score (nSPS) is 8.75. The van der Waals surface area contributed by atoms with Gasteiger partial charge in [0.1, 0.15) is 0 Å². The Kier molecular flexibility index (Phi) is 3.98. The fourth-order valence-electron chi connectivity index (χ4n) is 0.370. The van der Waals surface area contributed by atoms with Gasteiger partial charge < -0.3 is 5.73 Å². The molecule has 1 amide bonds. The number of carbonyl (C=O) groups excluding carboxylic acids is 2. The van der Waals surface area contributed by atoms with Crippen LogP contribution >= 0.6 is 12.3 Å². The first-order valence-corrected chi connectivity index (χ1v) is 3.33. The van der Waals surface area contributed by atoms with Gasteiger partial charge in [-0.15, -0.1) is 3.89 Å². The number of halogens is 1. The highest BCUT2D eigenvalue weighted by atomic mass is 32.2. The number of nitrogens with two attached hydrogens (primary N) is 1. The summed E-state index contributed by atoms with van der Waals surface area (Å²) in [5, 5.41) is 6.91. The average molecular weight is 191 g/mol. The molecule has 0 fully saturated rings.